The second-order valence-corrected chi connectivity index (χ2v) is 2.91. The van der Waals surface area contributed by atoms with Crippen LogP contribution in [0.4, 0.5) is 0 Å². The number of ether oxygens (including phenoxy) is 1. The third kappa shape index (κ3) is 2.05. The summed E-state index contributed by atoms with van der Waals surface area (Å²) in [5, 5.41) is 8.74. The van der Waals surface area contributed by atoms with Gasteiger partial charge in [-0.25, -0.2) is 14.8 Å². The smallest absolute Gasteiger partial charge is 0.339 e. The van der Waals surface area contributed by atoms with Gasteiger partial charge in [-0.1, -0.05) is 0 Å². The molecule has 0 amide bonds. The van der Waals surface area contributed by atoms with Crippen molar-refractivity contribution in [2.75, 3.05) is 7.11 Å². The maximum absolute atomic E-state index is 10.7. The summed E-state index contributed by atoms with van der Waals surface area (Å²) in [6.07, 6.45) is 1.08. The molecule has 0 aromatic carbocycles. The quantitative estimate of drug-likeness (QED) is 0.786. The van der Waals surface area contributed by atoms with Crippen LogP contribution in [0, 0.1) is 6.92 Å². The third-order valence-corrected chi connectivity index (χ3v) is 1.95. The minimum Gasteiger partial charge on any atom is -0.478 e. The zero-order chi connectivity index (χ0) is 10.7. The lowest BCUT2D eigenvalue weighted by Gasteiger charge is -2.08. The van der Waals surface area contributed by atoms with E-state index in [1.165, 1.54) is 6.20 Å². The molecule has 5 heteroatoms. The average molecular weight is 196 g/mol. The van der Waals surface area contributed by atoms with Crippen molar-refractivity contribution in [2.45, 2.75) is 20.0 Å². The molecule has 0 aliphatic carbocycles. The number of methoxy groups -OCH3 is 1. The van der Waals surface area contributed by atoms with Gasteiger partial charge in [-0.15, -0.1) is 0 Å². The Morgan fingerprint density at radius 2 is 2.29 bits per heavy atom. The van der Waals surface area contributed by atoms with E-state index in [9.17, 15) is 4.79 Å². The predicted molar refractivity (Wildman–Crippen MR) is 49.2 cm³/mol. The summed E-state index contributed by atoms with van der Waals surface area (Å²) in [6.45, 7) is 3.44. The number of aryl methyl sites for hydroxylation is 1. The Hall–Kier alpha value is -1.49. The first-order valence-electron chi connectivity index (χ1n) is 4.16. The number of carbonyl (C=O) groups is 1. The molecule has 0 saturated carbocycles. The molecule has 14 heavy (non-hydrogen) atoms. The average Bonchev–Trinajstić information content (AvgIpc) is 2.15. The molecule has 5 nitrogen and oxygen atoms in total. The van der Waals surface area contributed by atoms with Gasteiger partial charge in [-0.05, 0) is 13.8 Å². The Bertz CT molecular complexity index is 352. The van der Waals surface area contributed by atoms with Crippen LogP contribution in [0.15, 0.2) is 6.20 Å². The largest absolute Gasteiger partial charge is 0.478 e. The van der Waals surface area contributed by atoms with Gasteiger partial charge in [0.25, 0.3) is 0 Å². The topological polar surface area (TPSA) is 72.3 Å². The number of carboxylic acids is 1. The van der Waals surface area contributed by atoms with Gasteiger partial charge in [0, 0.05) is 13.3 Å². The second-order valence-electron chi connectivity index (χ2n) is 2.91. The number of hydrogen-bond donors (Lipinski definition) is 1. The molecule has 0 bridgehead atoms. The van der Waals surface area contributed by atoms with Crippen LogP contribution in [0.3, 0.4) is 0 Å². The molecule has 1 unspecified atom stereocenters. The molecule has 1 atom stereocenters. The zero-order valence-electron chi connectivity index (χ0n) is 8.31. The van der Waals surface area contributed by atoms with Gasteiger partial charge in [-0.2, -0.15) is 0 Å². The molecular weight excluding hydrogens is 184 g/mol. The standard InChI is InChI=1S/C9H12N2O3/c1-5-7(9(12)13)4-10-8(11-5)6(2)14-3/h4,6H,1-3H3,(H,12,13). The van der Waals surface area contributed by atoms with Gasteiger partial charge in [0.1, 0.15) is 6.10 Å². The van der Waals surface area contributed by atoms with E-state index in [1.54, 1.807) is 21.0 Å². The fraction of sp³-hybridized carbons (Fsp3) is 0.444. The number of aromatic nitrogens is 2. The van der Waals surface area contributed by atoms with Crippen molar-refractivity contribution in [1.29, 1.82) is 0 Å². The van der Waals surface area contributed by atoms with E-state index in [0.717, 1.165) is 0 Å². The first-order chi connectivity index (χ1) is 6.56. The van der Waals surface area contributed by atoms with Gasteiger partial charge < -0.3 is 9.84 Å². The molecule has 1 N–H and O–H groups in total. The lowest BCUT2D eigenvalue weighted by Crippen LogP contribution is -2.09. The fourth-order valence-corrected chi connectivity index (χ4v) is 0.996. The van der Waals surface area contributed by atoms with E-state index in [1.807, 2.05) is 0 Å². The monoisotopic (exact) mass is 196 g/mol. The number of rotatable bonds is 3. The van der Waals surface area contributed by atoms with E-state index in [-0.39, 0.29) is 11.7 Å². The van der Waals surface area contributed by atoms with Crippen molar-refractivity contribution in [3.05, 3.63) is 23.3 Å². The maximum Gasteiger partial charge on any atom is 0.339 e. The van der Waals surface area contributed by atoms with E-state index in [2.05, 4.69) is 9.97 Å². The van der Waals surface area contributed by atoms with Crippen molar-refractivity contribution < 1.29 is 14.6 Å². The highest BCUT2D eigenvalue weighted by atomic mass is 16.5. The first kappa shape index (κ1) is 10.6. The normalized spacial score (nSPS) is 12.5. The lowest BCUT2D eigenvalue weighted by molar-refractivity contribution is 0.0693. The Labute approximate surface area is 81.8 Å². The van der Waals surface area contributed by atoms with Crippen molar-refractivity contribution in [1.82, 2.24) is 9.97 Å². The van der Waals surface area contributed by atoms with Gasteiger partial charge in [0.15, 0.2) is 5.82 Å². The van der Waals surface area contributed by atoms with Crippen LogP contribution in [-0.2, 0) is 4.74 Å². The highest BCUT2D eigenvalue weighted by molar-refractivity contribution is 5.88. The molecule has 1 rings (SSSR count). The van der Waals surface area contributed by atoms with Crippen LogP contribution in [0.25, 0.3) is 0 Å². The summed E-state index contributed by atoms with van der Waals surface area (Å²) in [7, 11) is 1.55. The summed E-state index contributed by atoms with van der Waals surface area (Å²) in [6, 6.07) is 0. The molecule has 0 fully saturated rings. The summed E-state index contributed by atoms with van der Waals surface area (Å²) in [4.78, 5) is 18.6. The van der Waals surface area contributed by atoms with E-state index in [0.29, 0.717) is 11.5 Å². The van der Waals surface area contributed by atoms with Crippen LogP contribution in [-0.4, -0.2) is 28.2 Å². The molecule has 0 aliphatic rings. The number of carboxylic acid groups (broad SMARTS) is 1. The molecule has 0 radical (unpaired) electrons. The molecule has 1 aromatic rings. The Kier molecular flexibility index (Phi) is 3.14. The van der Waals surface area contributed by atoms with Crippen molar-refractivity contribution >= 4 is 5.97 Å². The van der Waals surface area contributed by atoms with Gasteiger partial charge in [0.2, 0.25) is 0 Å². The summed E-state index contributed by atoms with van der Waals surface area (Å²) in [5.41, 5.74) is 0.573. The molecule has 0 spiro atoms. The van der Waals surface area contributed by atoms with Crippen LogP contribution in [0.5, 0.6) is 0 Å². The maximum atomic E-state index is 10.7. The molecule has 0 saturated heterocycles. The Balaban J connectivity index is 3.06. The van der Waals surface area contributed by atoms with Gasteiger partial charge in [0.05, 0.1) is 11.3 Å². The number of hydrogen-bond acceptors (Lipinski definition) is 4. The lowest BCUT2D eigenvalue weighted by atomic mass is 10.2. The van der Waals surface area contributed by atoms with Gasteiger partial charge >= 0.3 is 5.97 Å². The Morgan fingerprint density at radius 1 is 1.64 bits per heavy atom. The molecule has 76 valence electrons. The van der Waals surface area contributed by atoms with Crippen molar-refractivity contribution in [2.24, 2.45) is 0 Å². The summed E-state index contributed by atoms with van der Waals surface area (Å²) >= 11 is 0. The molecule has 1 heterocycles. The van der Waals surface area contributed by atoms with E-state index in [4.69, 9.17) is 9.84 Å². The van der Waals surface area contributed by atoms with Crippen LogP contribution >= 0.6 is 0 Å². The highest BCUT2D eigenvalue weighted by Crippen LogP contribution is 2.12. The summed E-state index contributed by atoms with van der Waals surface area (Å²) in [5.74, 6) is -0.519. The minimum absolute atomic E-state index is 0.122. The zero-order valence-corrected chi connectivity index (χ0v) is 8.31. The van der Waals surface area contributed by atoms with Crippen molar-refractivity contribution in [3.63, 3.8) is 0 Å². The number of nitrogens with zero attached hydrogens (tertiary/aromatic N) is 2. The third-order valence-electron chi connectivity index (χ3n) is 1.95. The minimum atomic E-state index is -1.01. The second kappa shape index (κ2) is 4.15. The van der Waals surface area contributed by atoms with Gasteiger partial charge in [-0.3, -0.25) is 0 Å². The Morgan fingerprint density at radius 3 is 2.71 bits per heavy atom. The van der Waals surface area contributed by atoms with Crippen molar-refractivity contribution in [3.8, 4) is 0 Å². The predicted octanol–water partition coefficient (Wildman–Crippen LogP) is 1.19. The van der Waals surface area contributed by atoms with E-state index < -0.39 is 5.97 Å². The first-order valence-corrected chi connectivity index (χ1v) is 4.16. The van der Waals surface area contributed by atoms with Crippen LogP contribution < -0.4 is 0 Å². The van der Waals surface area contributed by atoms with Crippen LogP contribution in [0.1, 0.15) is 34.9 Å². The molecular formula is C9H12N2O3. The number of aromatic carboxylic acids is 1. The fourth-order valence-electron chi connectivity index (χ4n) is 0.996. The highest BCUT2D eigenvalue weighted by Gasteiger charge is 2.12. The SMILES string of the molecule is COC(C)c1ncc(C(=O)O)c(C)n1. The molecule has 1 aromatic heterocycles. The van der Waals surface area contributed by atoms with Crippen LogP contribution in [0.2, 0.25) is 0 Å². The van der Waals surface area contributed by atoms with E-state index >= 15 is 0 Å². The summed E-state index contributed by atoms with van der Waals surface area (Å²) < 4.78 is 5.02. The molecule has 0 aliphatic heterocycles.